The molecule has 0 unspecified atom stereocenters. The van der Waals surface area contributed by atoms with Crippen LogP contribution in [0.15, 0.2) is 34.8 Å². The molecule has 2 aromatic rings. The predicted molar refractivity (Wildman–Crippen MR) is 84.4 cm³/mol. The Morgan fingerprint density at radius 2 is 2.05 bits per heavy atom. The summed E-state index contributed by atoms with van der Waals surface area (Å²) in [4.78, 5) is 8.90. The van der Waals surface area contributed by atoms with E-state index in [1.165, 1.54) is 0 Å². The fourth-order valence-corrected chi connectivity index (χ4v) is 2.16. The van der Waals surface area contributed by atoms with Crippen LogP contribution in [0.2, 0.25) is 0 Å². The van der Waals surface area contributed by atoms with E-state index in [2.05, 4.69) is 38.1 Å². The maximum absolute atomic E-state index is 5.81. The van der Waals surface area contributed by atoms with Crippen molar-refractivity contribution < 1.29 is 4.74 Å². The Hall–Kier alpha value is -1.62. The molecule has 0 saturated carbocycles. The zero-order chi connectivity index (χ0) is 14.4. The molecule has 0 aliphatic carbocycles. The van der Waals surface area contributed by atoms with Gasteiger partial charge in [-0.15, -0.1) is 0 Å². The molecule has 5 heteroatoms. The maximum atomic E-state index is 5.81. The molecule has 0 aliphatic rings. The summed E-state index contributed by atoms with van der Waals surface area (Å²) < 4.78 is 6.79. The molecule has 0 spiro atoms. The van der Waals surface area contributed by atoms with Crippen molar-refractivity contribution in [1.29, 1.82) is 0 Å². The Morgan fingerprint density at radius 1 is 1.20 bits per heavy atom. The number of hydrogen-bond acceptors (Lipinski definition) is 4. The summed E-state index contributed by atoms with van der Waals surface area (Å²) in [7, 11) is 0. The van der Waals surface area contributed by atoms with Gasteiger partial charge in [0.05, 0.1) is 0 Å². The molecule has 20 heavy (non-hydrogen) atoms. The van der Waals surface area contributed by atoms with E-state index in [-0.39, 0.29) is 0 Å². The minimum atomic E-state index is 0.567. The summed E-state index contributed by atoms with van der Waals surface area (Å²) in [6.45, 7) is 4.97. The van der Waals surface area contributed by atoms with E-state index in [4.69, 9.17) is 4.74 Å². The summed E-state index contributed by atoms with van der Waals surface area (Å²) in [5.74, 6) is 2.92. The van der Waals surface area contributed by atoms with Crippen molar-refractivity contribution in [1.82, 2.24) is 9.97 Å². The third-order valence-electron chi connectivity index (χ3n) is 2.60. The lowest BCUT2D eigenvalue weighted by Gasteiger charge is -2.09. The predicted octanol–water partition coefficient (Wildman–Crippen LogP) is 4.42. The average Bonchev–Trinajstić information content (AvgIpc) is 2.39. The van der Waals surface area contributed by atoms with Crippen LogP contribution < -0.4 is 10.1 Å². The molecule has 1 heterocycles. The third-order valence-corrected chi connectivity index (χ3v) is 3.09. The van der Waals surface area contributed by atoms with Gasteiger partial charge < -0.3 is 10.1 Å². The smallest absolute Gasteiger partial charge is 0.224 e. The quantitative estimate of drug-likeness (QED) is 0.848. The van der Waals surface area contributed by atoms with E-state index in [9.17, 15) is 0 Å². The topological polar surface area (TPSA) is 47.0 Å². The maximum Gasteiger partial charge on any atom is 0.224 e. The van der Waals surface area contributed by atoms with Crippen molar-refractivity contribution in [3.05, 3.63) is 40.6 Å². The molecule has 1 N–H and O–H groups in total. The molecule has 106 valence electrons. The minimum Gasteiger partial charge on any atom is -0.439 e. The highest BCUT2D eigenvalue weighted by molar-refractivity contribution is 9.10. The van der Waals surface area contributed by atoms with Gasteiger partial charge in [0, 0.05) is 23.5 Å². The first-order valence-corrected chi connectivity index (χ1v) is 7.55. The highest BCUT2D eigenvalue weighted by atomic mass is 79.9. The van der Waals surface area contributed by atoms with E-state index < -0.39 is 0 Å². The summed E-state index contributed by atoms with van der Waals surface area (Å²) in [5, 5.41) is 3.20. The number of hydrogen-bond donors (Lipinski definition) is 1. The van der Waals surface area contributed by atoms with Gasteiger partial charge >= 0.3 is 0 Å². The number of anilines is 1. The van der Waals surface area contributed by atoms with E-state index in [0.717, 1.165) is 41.3 Å². The fraction of sp³-hybridized carbons (Fsp3) is 0.333. The first-order valence-electron chi connectivity index (χ1n) is 6.76. The van der Waals surface area contributed by atoms with E-state index in [0.29, 0.717) is 5.88 Å². The number of nitrogens with one attached hydrogen (secondary N) is 1. The van der Waals surface area contributed by atoms with Crippen molar-refractivity contribution in [2.75, 3.05) is 11.9 Å². The second-order valence-electron chi connectivity index (χ2n) is 4.35. The van der Waals surface area contributed by atoms with Crippen LogP contribution in [0.3, 0.4) is 0 Å². The molecule has 0 atom stereocenters. The first-order chi connectivity index (χ1) is 9.71. The molecule has 0 radical (unpaired) electrons. The van der Waals surface area contributed by atoms with Crippen LogP contribution >= 0.6 is 15.9 Å². The van der Waals surface area contributed by atoms with Gasteiger partial charge in [-0.25, -0.2) is 4.98 Å². The van der Waals surface area contributed by atoms with E-state index >= 15 is 0 Å². The average molecular weight is 336 g/mol. The Labute approximate surface area is 127 Å². The highest BCUT2D eigenvalue weighted by Gasteiger charge is 2.06. The van der Waals surface area contributed by atoms with Crippen LogP contribution in [0.5, 0.6) is 11.6 Å². The summed E-state index contributed by atoms with van der Waals surface area (Å²) in [6, 6.07) is 9.52. The van der Waals surface area contributed by atoms with Crippen LogP contribution in [-0.4, -0.2) is 16.5 Å². The van der Waals surface area contributed by atoms with Crippen LogP contribution in [0.4, 0.5) is 5.82 Å². The summed E-state index contributed by atoms with van der Waals surface area (Å²) in [5.41, 5.74) is 0. The molecule has 4 nitrogen and oxygen atoms in total. The number of ether oxygens (including phenoxy) is 1. The van der Waals surface area contributed by atoms with Gasteiger partial charge in [-0.1, -0.05) is 28.9 Å². The lowest BCUT2D eigenvalue weighted by molar-refractivity contribution is 0.458. The van der Waals surface area contributed by atoms with Crippen molar-refractivity contribution in [3.63, 3.8) is 0 Å². The molecule has 0 amide bonds. The van der Waals surface area contributed by atoms with Crippen LogP contribution in [0.25, 0.3) is 0 Å². The monoisotopic (exact) mass is 335 g/mol. The number of nitrogens with zero attached hydrogens (tertiary/aromatic N) is 2. The number of benzene rings is 1. The molecule has 0 aliphatic heterocycles. The summed E-state index contributed by atoms with van der Waals surface area (Å²) >= 11 is 3.43. The minimum absolute atomic E-state index is 0.567. The van der Waals surface area contributed by atoms with E-state index in [1.54, 1.807) is 0 Å². The molecular weight excluding hydrogens is 318 g/mol. The normalized spacial score (nSPS) is 10.3. The molecule has 0 saturated heterocycles. The Balaban J connectivity index is 2.25. The second-order valence-corrected chi connectivity index (χ2v) is 5.26. The molecule has 1 aromatic heterocycles. The molecule has 2 rings (SSSR count). The van der Waals surface area contributed by atoms with Gasteiger partial charge in [0.15, 0.2) is 0 Å². The largest absolute Gasteiger partial charge is 0.439 e. The van der Waals surface area contributed by atoms with Crippen molar-refractivity contribution in [3.8, 4) is 11.6 Å². The lowest BCUT2D eigenvalue weighted by Crippen LogP contribution is -2.04. The van der Waals surface area contributed by atoms with Gasteiger partial charge in [0.2, 0.25) is 5.88 Å². The zero-order valence-corrected chi connectivity index (χ0v) is 13.3. The Morgan fingerprint density at radius 3 is 2.75 bits per heavy atom. The SMILES string of the molecule is CCCc1nc(NCC)cc(Oc2cccc(Br)c2)n1. The molecular formula is C15H18BrN3O. The number of aryl methyl sites for hydroxylation is 1. The highest BCUT2D eigenvalue weighted by Crippen LogP contribution is 2.24. The van der Waals surface area contributed by atoms with E-state index in [1.807, 2.05) is 37.3 Å². The lowest BCUT2D eigenvalue weighted by atomic mass is 10.3. The van der Waals surface area contributed by atoms with Crippen molar-refractivity contribution in [2.24, 2.45) is 0 Å². The van der Waals surface area contributed by atoms with Crippen molar-refractivity contribution in [2.45, 2.75) is 26.7 Å². The van der Waals surface area contributed by atoms with Crippen LogP contribution in [-0.2, 0) is 6.42 Å². The second kappa shape index (κ2) is 7.24. The van der Waals surface area contributed by atoms with Gasteiger partial charge in [0.25, 0.3) is 0 Å². The third kappa shape index (κ3) is 4.20. The van der Waals surface area contributed by atoms with Gasteiger partial charge in [-0.3, -0.25) is 0 Å². The molecule has 0 bridgehead atoms. The van der Waals surface area contributed by atoms with Crippen molar-refractivity contribution >= 4 is 21.7 Å². The Kier molecular flexibility index (Phi) is 5.35. The molecule has 0 fully saturated rings. The number of rotatable bonds is 6. The standard InChI is InChI=1S/C15H18BrN3O/c1-3-6-13-18-14(17-4-2)10-15(19-13)20-12-8-5-7-11(16)9-12/h5,7-10H,3-4,6H2,1-2H3,(H,17,18,19). The van der Waals surface area contributed by atoms with Crippen LogP contribution in [0.1, 0.15) is 26.1 Å². The summed E-state index contributed by atoms with van der Waals surface area (Å²) in [6.07, 6.45) is 1.85. The van der Waals surface area contributed by atoms with Crippen LogP contribution in [0, 0.1) is 0 Å². The molecule has 1 aromatic carbocycles. The van der Waals surface area contributed by atoms with Gasteiger partial charge in [0.1, 0.15) is 17.4 Å². The fourth-order valence-electron chi connectivity index (χ4n) is 1.78. The zero-order valence-electron chi connectivity index (χ0n) is 11.7. The Bertz CT molecular complexity index is 551. The van der Waals surface area contributed by atoms with Gasteiger partial charge in [-0.2, -0.15) is 4.98 Å². The first kappa shape index (κ1) is 14.8. The van der Waals surface area contributed by atoms with Gasteiger partial charge in [-0.05, 0) is 31.5 Å². The number of aromatic nitrogens is 2. The number of halogens is 1.